The predicted molar refractivity (Wildman–Crippen MR) is 89.7 cm³/mol. The van der Waals surface area contributed by atoms with Gasteiger partial charge in [-0.25, -0.2) is 0 Å². The number of aliphatic hydroxyl groups is 1. The van der Waals surface area contributed by atoms with Gasteiger partial charge >= 0.3 is 0 Å². The van der Waals surface area contributed by atoms with Gasteiger partial charge in [-0.3, -0.25) is 0 Å². The maximum Gasteiger partial charge on any atom is 0.0610 e. The van der Waals surface area contributed by atoms with Crippen molar-refractivity contribution in [1.29, 1.82) is 0 Å². The molecule has 1 unspecified atom stereocenters. The van der Waals surface area contributed by atoms with Crippen LogP contribution in [0.3, 0.4) is 0 Å². The third-order valence-electron chi connectivity index (χ3n) is 3.64. The second-order valence-corrected chi connectivity index (χ2v) is 7.09. The lowest BCUT2D eigenvalue weighted by atomic mass is 9.97. The lowest BCUT2D eigenvalue weighted by molar-refractivity contribution is 0.167. The van der Waals surface area contributed by atoms with Crippen LogP contribution < -0.4 is 5.32 Å². The monoisotopic (exact) mass is 295 g/mol. The molecule has 0 heterocycles. The normalized spacial score (nSPS) is 14.5. The molecule has 1 aromatic carbocycles. The average molecular weight is 295 g/mol. The highest BCUT2D eigenvalue weighted by Crippen LogP contribution is 2.23. The number of hydrogen-bond acceptors (Lipinski definition) is 3. The zero-order valence-corrected chi connectivity index (χ0v) is 14.1. The van der Waals surface area contributed by atoms with Gasteiger partial charge in [0.2, 0.25) is 0 Å². The molecule has 0 aliphatic rings. The maximum atomic E-state index is 9.45. The Morgan fingerprint density at radius 1 is 1.25 bits per heavy atom. The third-order valence-corrected chi connectivity index (χ3v) is 4.74. The van der Waals surface area contributed by atoms with Gasteiger partial charge in [-0.1, -0.05) is 32.9 Å². The Bertz CT molecular complexity index is 377. The first-order chi connectivity index (χ1) is 9.50. The minimum atomic E-state index is -0.128. The van der Waals surface area contributed by atoms with Crippen LogP contribution >= 0.6 is 11.8 Å². The smallest absolute Gasteiger partial charge is 0.0610 e. The second-order valence-electron chi connectivity index (χ2n) is 5.92. The van der Waals surface area contributed by atoms with Crippen LogP contribution in [-0.4, -0.2) is 29.5 Å². The molecule has 0 radical (unpaired) electrons. The standard InChI is InChI=1S/C17H29NOS/c1-5-18-17(4,13-19)11-6-12-20-16-9-7-15(8-10-16)14(2)3/h7-10,14,18-19H,5-6,11-13H2,1-4H3. The van der Waals surface area contributed by atoms with E-state index in [1.165, 1.54) is 10.5 Å². The van der Waals surface area contributed by atoms with Crippen molar-refractivity contribution in [1.82, 2.24) is 5.32 Å². The predicted octanol–water partition coefficient (Wildman–Crippen LogP) is 4.04. The molecular weight excluding hydrogens is 266 g/mol. The van der Waals surface area contributed by atoms with Crippen molar-refractivity contribution in [3.8, 4) is 0 Å². The van der Waals surface area contributed by atoms with Crippen LogP contribution in [0.25, 0.3) is 0 Å². The molecule has 1 aromatic rings. The molecule has 0 amide bonds. The first-order valence-corrected chi connectivity index (χ1v) is 8.58. The second kappa shape index (κ2) is 8.71. The Balaban J connectivity index is 2.33. The molecule has 0 saturated carbocycles. The molecule has 20 heavy (non-hydrogen) atoms. The van der Waals surface area contributed by atoms with Crippen LogP contribution in [-0.2, 0) is 0 Å². The van der Waals surface area contributed by atoms with Gasteiger partial charge in [0, 0.05) is 10.4 Å². The molecule has 2 N–H and O–H groups in total. The molecule has 1 rings (SSSR count). The molecule has 0 aliphatic heterocycles. The number of benzene rings is 1. The molecule has 114 valence electrons. The van der Waals surface area contributed by atoms with E-state index in [9.17, 15) is 5.11 Å². The van der Waals surface area contributed by atoms with E-state index in [1.807, 2.05) is 11.8 Å². The molecule has 0 aromatic heterocycles. The van der Waals surface area contributed by atoms with Gasteiger partial charge < -0.3 is 10.4 Å². The minimum absolute atomic E-state index is 0.128. The minimum Gasteiger partial charge on any atom is -0.394 e. The lowest BCUT2D eigenvalue weighted by Crippen LogP contribution is -2.45. The van der Waals surface area contributed by atoms with Gasteiger partial charge in [-0.15, -0.1) is 11.8 Å². The van der Waals surface area contributed by atoms with Crippen molar-refractivity contribution in [2.75, 3.05) is 18.9 Å². The zero-order valence-electron chi connectivity index (χ0n) is 13.3. The highest BCUT2D eigenvalue weighted by molar-refractivity contribution is 7.99. The summed E-state index contributed by atoms with van der Waals surface area (Å²) < 4.78 is 0. The van der Waals surface area contributed by atoms with Gasteiger partial charge in [-0.05, 0) is 55.7 Å². The van der Waals surface area contributed by atoms with E-state index in [0.717, 1.165) is 25.1 Å². The van der Waals surface area contributed by atoms with Crippen LogP contribution in [0.1, 0.15) is 52.0 Å². The number of nitrogens with one attached hydrogen (secondary N) is 1. The van der Waals surface area contributed by atoms with E-state index in [4.69, 9.17) is 0 Å². The van der Waals surface area contributed by atoms with Gasteiger partial charge in [0.05, 0.1) is 6.61 Å². The Hall–Kier alpha value is -0.510. The van der Waals surface area contributed by atoms with Gasteiger partial charge in [-0.2, -0.15) is 0 Å². The molecule has 0 spiro atoms. The Morgan fingerprint density at radius 2 is 1.90 bits per heavy atom. The van der Waals surface area contributed by atoms with Crippen molar-refractivity contribution in [3.05, 3.63) is 29.8 Å². The van der Waals surface area contributed by atoms with Gasteiger partial charge in [0.15, 0.2) is 0 Å². The number of likely N-dealkylation sites (N-methyl/N-ethyl adjacent to an activating group) is 1. The highest BCUT2D eigenvalue weighted by atomic mass is 32.2. The molecule has 0 saturated heterocycles. The van der Waals surface area contributed by atoms with Gasteiger partial charge in [0.1, 0.15) is 0 Å². The summed E-state index contributed by atoms with van der Waals surface area (Å²) in [4.78, 5) is 1.34. The van der Waals surface area contributed by atoms with Gasteiger partial charge in [0.25, 0.3) is 0 Å². The summed E-state index contributed by atoms with van der Waals surface area (Å²) in [6.07, 6.45) is 2.12. The van der Waals surface area contributed by atoms with E-state index in [0.29, 0.717) is 5.92 Å². The van der Waals surface area contributed by atoms with Crippen LogP contribution in [0, 0.1) is 0 Å². The van der Waals surface area contributed by atoms with E-state index in [1.54, 1.807) is 0 Å². The van der Waals surface area contributed by atoms with Crippen molar-refractivity contribution in [2.24, 2.45) is 0 Å². The Morgan fingerprint density at radius 3 is 2.40 bits per heavy atom. The largest absolute Gasteiger partial charge is 0.394 e. The van der Waals surface area contributed by atoms with Crippen molar-refractivity contribution < 1.29 is 5.11 Å². The SMILES string of the molecule is CCNC(C)(CO)CCCSc1ccc(C(C)C)cc1. The summed E-state index contributed by atoms with van der Waals surface area (Å²) in [5.74, 6) is 1.70. The van der Waals surface area contributed by atoms with Crippen molar-refractivity contribution in [3.63, 3.8) is 0 Å². The van der Waals surface area contributed by atoms with E-state index < -0.39 is 0 Å². The van der Waals surface area contributed by atoms with E-state index in [-0.39, 0.29) is 12.1 Å². The van der Waals surface area contributed by atoms with E-state index in [2.05, 4.69) is 57.3 Å². The third kappa shape index (κ3) is 5.86. The molecule has 3 heteroatoms. The molecule has 0 fully saturated rings. The fraction of sp³-hybridized carbons (Fsp3) is 0.647. The van der Waals surface area contributed by atoms with Crippen LogP contribution in [0.5, 0.6) is 0 Å². The zero-order chi connectivity index (χ0) is 15.0. The van der Waals surface area contributed by atoms with Crippen molar-refractivity contribution in [2.45, 2.75) is 56.9 Å². The number of thioether (sulfide) groups is 1. The first-order valence-electron chi connectivity index (χ1n) is 7.59. The molecule has 2 nitrogen and oxygen atoms in total. The van der Waals surface area contributed by atoms with Crippen LogP contribution in [0.2, 0.25) is 0 Å². The molecule has 0 aliphatic carbocycles. The summed E-state index contributed by atoms with van der Waals surface area (Å²) in [5.41, 5.74) is 1.27. The molecule has 0 bridgehead atoms. The first kappa shape index (κ1) is 17.5. The maximum absolute atomic E-state index is 9.45. The molecular formula is C17H29NOS. The van der Waals surface area contributed by atoms with Crippen LogP contribution in [0.15, 0.2) is 29.2 Å². The lowest BCUT2D eigenvalue weighted by Gasteiger charge is -2.28. The summed E-state index contributed by atoms with van der Waals surface area (Å²) in [6.45, 7) is 9.73. The molecule has 1 atom stereocenters. The number of hydrogen-bond donors (Lipinski definition) is 2. The number of rotatable bonds is 9. The Labute approximate surface area is 128 Å². The summed E-state index contributed by atoms with van der Waals surface area (Å²) in [6, 6.07) is 8.89. The van der Waals surface area contributed by atoms with Crippen LogP contribution in [0.4, 0.5) is 0 Å². The highest BCUT2D eigenvalue weighted by Gasteiger charge is 2.20. The summed E-state index contributed by atoms with van der Waals surface area (Å²) in [5, 5.41) is 12.8. The summed E-state index contributed by atoms with van der Waals surface area (Å²) >= 11 is 1.90. The average Bonchev–Trinajstić information content (AvgIpc) is 2.44. The summed E-state index contributed by atoms with van der Waals surface area (Å²) in [7, 11) is 0. The topological polar surface area (TPSA) is 32.3 Å². The van der Waals surface area contributed by atoms with Crippen molar-refractivity contribution >= 4 is 11.8 Å². The number of aliphatic hydroxyl groups excluding tert-OH is 1. The fourth-order valence-corrected chi connectivity index (χ4v) is 3.10. The Kier molecular flexibility index (Phi) is 7.63. The fourth-order valence-electron chi connectivity index (χ4n) is 2.25. The quantitative estimate of drug-likeness (QED) is 0.532. The van der Waals surface area contributed by atoms with E-state index >= 15 is 0 Å².